The maximum Gasteiger partial charge on any atom is 0.338 e. The second-order valence-corrected chi connectivity index (χ2v) is 5.65. The van der Waals surface area contributed by atoms with Crippen LogP contribution in [0, 0.1) is 5.92 Å². The molecule has 2 unspecified atom stereocenters. The van der Waals surface area contributed by atoms with Gasteiger partial charge in [-0.25, -0.2) is 4.79 Å². The summed E-state index contributed by atoms with van der Waals surface area (Å²) in [4.78, 5) is 11.7. The van der Waals surface area contributed by atoms with E-state index in [-0.39, 0.29) is 12.1 Å². The highest BCUT2D eigenvalue weighted by molar-refractivity contribution is 5.91. The highest BCUT2D eigenvalue weighted by Gasteiger charge is 2.22. The van der Waals surface area contributed by atoms with E-state index < -0.39 is 0 Å². The average Bonchev–Trinajstić information content (AvgIpc) is 2.49. The number of carbonyl (C=O) groups is 1. The van der Waals surface area contributed by atoms with Crippen LogP contribution in [0.4, 0.5) is 5.69 Å². The van der Waals surface area contributed by atoms with Crippen molar-refractivity contribution in [1.29, 1.82) is 0 Å². The van der Waals surface area contributed by atoms with Crippen molar-refractivity contribution in [3.63, 3.8) is 0 Å². The monoisotopic (exact) mass is 291 g/mol. The number of ether oxygens (including phenoxy) is 2. The zero-order valence-corrected chi connectivity index (χ0v) is 12.9. The van der Waals surface area contributed by atoms with Crippen LogP contribution in [0.15, 0.2) is 18.2 Å². The summed E-state index contributed by atoms with van der Waals surface area (Å²) in [5, 5.41) is 0. The van der Waals surface area contributed by atoms with Crippen LogP contribution < -0.4 is 10.5 Å². The van der Waals surface area contributed by atoms with Gasteiger partial charge in [0.1, 0.15) is 5.75 Å². The summed E-state index contributed by atoms with van der Waals surface area (Å²) in [7, 11) is 0. The zero-order valence-electron chi connectivity index (χ0n) is 12.9. The minimum Gasteiger partial charge on any atom is -0.488 e. The first-order valence-corrected chi connectivity index (χ1v) is 7.87. The quantitative estimate of drug-likeness (QED) is 0.662. The second kappa shape index (κ2) is 7.34. The van der Waals surface area contributed by atoms with Crippen molar-refractivity contribution in [2.75, 3.05) is 12.3 Å². The maximum absolute atomic E-state index is 11.7. The van der Waals surface area contributed by atoms with E-state index in [1.54, 1.807) is 25.1 Å². The minimum atomic E-state index is -0.348. The van der Waals surface area contributed by atoms with Crippen molar-refractivity contribution in [2.24, 2.45) is 5.92 Å². The molecule has 2 rings (SSSR count). The van der Waals surface area contributed by atoms with Gasteiger partial charge in [0.05, 0.1) is 24.0 Å². The van der Waals surface area contributed by atoms with E-state index in [4.69, 9.17) is 15.2 Å². The summed E-state index contributed by atoms with van der Waals surface area (Å²) >= 11 is 0. The van der Waals surface area contributed by atoms with Gasteiger partial charge < -0.3 is 15.2 Å². The topological polar surface area (TPSA) is 61.5 Å². The van der Waals surface area contributed by atoms with Gasteiger partial charge in [-0.3, -0.25) is 0 Å². The lowest BCUT2D eigenvalue weighted by atomic mass is 9.85. The molecule has 1 aliphatic carbocycles. The molecule has 1 aliphatic rings. The molecule has 1 saturated carbocycles. The Bertz CT molecular complexity index is 487. The zero-order chi connectivity index (χ0) is 15.2. The lowest BCUT2D eigenvalue weighted by Crippen LogP contribution is -2.25. The highest BCUT2D eigenvalue weighted by Crippen LogP contribution is 2.32. The summed E-state index contributed by atoms with van der Waals surface area (Å²) < 4.78 is 11.0. The molecular formula is C17H25NO3. The van der Waals surface area contributed by atoms with Crippen molar-refractivity contribution < 1.29 is 14.3 Å². The predicted octanol–water partition coefficient (Wildman–Crippen LogP) is 3.79. The lowest BCUT2D eigenvalue weighted by Gasteiger charge is -2.29. The molecule has 21 heavy (non-hydrogen) atoms. The number of nitrogen functional groups attached to an aromatic ring is 1. The fraction of sp³-hybridized carbons (Fsp3) is 0.588. The molecule has 4 nitrogen and oxygen atoms in total. The van der Waals surface area contributed by atoms with Gasteiger partial charge >= 0.3 is 5.97 Å². The fourth-order valence-electron chi connectivity index (χ4n) is 2.90. The Balaban J connectivity index is 2.02. The van der Waals surface area contributed by atoms with E-state index in [0.29, 0.717) is 23.6 Å². The first kappa shape index (κ1) is 15.7. The first-order valence-electron chi connectivity index (χ1n) is 7.87. The standard InChI is InChI=1S/C17H25NO3/c1-3-12-6-5-7-14(10-12)21-16-9-8-13(11-15(16)18)17(19)20-4-2/h8-9,11-12,14H,3-7,10,18H2,1-2H3. The van der Waals surface area contributed by atoms with Crippen LogP contribution in [0.1, 0.15) is 56.3 Å². The average molecular weight is 291 g/mol. The number of esters is 1. The lowest BCUT2D eigenvalue weighted by molar-refractivity contribution is 0.0526. The molecule has 0 bridgehead atoms. The number of rotatable bonds is 5. The van der Waals surface area contributed by atoms with E-state index in [0.717, 1.165) is 18.8 Å². The molecular weight excluding hydrogens is 266 g/mol. The molecule has 0 radical (unpaired) electrons. The molecule has 116 valence electrons. The molecule has 0 saturated heterocycles. The molecule has 1 aromatic rings. The number of hydrogen-bond acceptors (Lipinski definition) is 4. The van der Waals surface area contributed by atoms with Crippen molar-refractivity contribution in [3.8, 4) is 5.75 Å². The molecule has 1 fully saturated rings. The molecule has 0 amide bonds. The number of benzene rings is 1. The van der Waals surface area contributed by atoms with E-state index >= 15 is 0 Å². The third-order valence-corrected chi connectivity index (χ3v) is 4.13. The van der Waals surface area contributed by atoms with Crippen molar-refractivity contribution in [1.82, 2.24) is 0 Å². The van der Waals surface area contributed by atoms with Gasteiger partial charge in [-0.1, -0.05) is 19.8 Å². The summed E-state index contributed by atoms with van der Waals surface area (Å²) in [6.07, 6.45) is 6.12. The molecule has 0 spiro atoms. The van der Waals surface area contributed by atoms with E-state index in [9.17, 15) is 4.79 Å². The second-order valence-electron chi connectivity index (χ2n) is 5.65. The van der Waals surface area contributed by atoms with E-state index in [1.165, 1.54) is 19.3 Å². The van der Waals surface area contributed by atoms with Gasteiger partial charge in [0.2, 0.25) is 0 Å². The number of hydrogen-bond donors (Lipinski definition) is 1. The van der Waals surface area contributed by atoms with Crippen molar-refractivity contribution in [2.45, 2.75) is 52.1 Å². The van der Waals surface area contributed by atoms with Crippen LogP contribution in [-0.4, -0.2) is 18.7 Å². The van der Waals surface area contributed by atoms with Gasteiger partial charge in [0.25, 0.3) is 0 Å². The Morgan fingerprint density at radius 2 is 2.14 bits per heavy atom. The Morgan fingerprint density at radius 1 is 1.33 bits per heavy atom. The molecule has 0 heterocycles. The van der Waals surface area contributed by atoms with Gasteiger partial charge in [-0.05, 0) is 50.3 Å². The van der Waals surface area contributed by atoms with E-state index in [2.05, 4.69) is 6.92 Å². The van der Waals surface area contributed by atoms with Crippen molar-refractivity contribution in [3.05, 3.63) is 23.8 Å². The summed E-state index contributed by atoms with van der Waals surface area (Å²) in [6, 6.07) is 5.12. The SMILES string of the molecule is CCOC(=O)c1ccc(OC2CCCC(CC)C2)c(N)c1. The van der Waals surface area contributed by atoms with Crippen LogP contribution in [0.5, 0.6) is 5.75 Å². The molecule has 0 aromatic heterocycles. The normalized spacial score (nSPS) is 21.8. The Labute approximate surface area is 126 Å². The number of nitrogens with two attached hydrogens (primary N) is 1. The van der Waals surface area contributed by atoms with Crippen molar-refractivity contribution >= 4 is 11.7 Å². The summed E-state index contributed by atoms with van der Waals surface area (Å²) in [6.45, 7) is 4.37. The van der Waals surface area contributed by atoms with E-state index in [1.807, 2.05) is 0 Å². The highest BCUT2D eigenvalue weighted by atomic mass is 16.5. The van der Waals surface area contributed by atoms with Gasteiger partial charge in [0, 0.05) is 0 Å². The predicted molar refractivity (Wildman–Crippen MR) is 83.5 cm³/mol. The van der Waals surface area contributed by atoms with Crippen LogP contribution >= 0.6 is 0 Å². The summed E-state index contributed by atoms with van der Waals surface area (Å²) in [5.41, 5.74) is 6.98. The van der Waals surface area contributed by atoms with Gasteiger partial charge in [-0.2, -0.15) is 0 Å². The molecule has 4 heteroatoms. The third-order valence-electron chi connectivity index (χ3n) is 4.13. The summed E-state index contributed by atoms with van der Waals surface area (Å²) in [5.74, 6) is 1.08. The Morgan fingerprint density at radius 3 is 2.81 bits per heavy atom. The fourth-order valence-corrected chi connectivity index (χ4v) is 2.90. The number of carbonyl (C=O) groups excluding carboxylic acids is 1. The van der Waals surface area contributed by atoms with Crippen LogP contribution in [0.25, 0.3) is 0 Å². The van der Waals surface area contributed by atoms with Gasteiger partial charge in [0.15, 0.2) is 0 Å². The van der Waals surface area contributed by atoms with Crippen LogP contribution in [0.2, 0.25) is 0 Å². The maximum atomic E-state index is 11.7. The minimum absolute atomic E-state index is 0.236. The van der Waals surface area contributed by atoms with Crippen LogP contribution in [-0.2, 0) is 4.74 Å². The van der Waals surface area contributed by atoms with Gasteiger partial charge in [-0.15, -0.1) is 0 Å². The molecule has 1 aromatic carbocycles. The molecule has 2 atom stereocenters. The van der Waals surface area contributed by atoms with Crippen LogP contribution in [0.3, 0.4) is 0 Å². The smallest absolute Gasteiger partial charge is 0.338 e. The first-order chi connectivity index (χ1) is 10.1. The Kier molecular flexibility index (Phi) is 5.48. The number of anilines is 1. The third kappa shape index (κ3) is 4.13. The molecule has 0 aliphatic heterocycles. The largest absolute Gasteiger partial charge is 0.488 e. The molecule has 2 N–H and O–H groups in total. The Hall–Kier alpha value is -1.71.